The fraction of sp³-hybridized carbons (Fsp3) is 0.0175. The third kappa shape index (κ3) is 4.54. The van der Waals surface area contributed by atoms with Gasteiger partial charge in [0.05, 0.1) is 16.4 Å². The molecule has 0 saturated heterocycles. The molecule has 3 nitrogen and oxygen atoms in total. The number of ether oxygens (including phenoxy) is 1. The molecule has 3 heteroatoms. The van der Waals surface area contributed by atoms with E-state index in [2.05, 4.69) is 228 Å². The summed E-state index contributed by atoms with van der Waals surface area (Å²) in [5, 5.41) is 7.37. The summed E-state index contributed by atoms with van der Waals surface area (Å²) in [6, 6.07) is 79.9. The quantitative estimate of drug-likeness (QED) is 0.178. The fourth-order valence-corrected chi connectivity index (χ4v) is 10.5. The van der Waals surface area contributed by atoms with Crippen LogP contribution in [0, 0.1) is 0 Å². The second-order valence-electron chi connectivity index (χ2n) is 16.0. The molecule has 11 aromatic rings. The topological polar surface area (TPSA) is 17.4 Å². The molecule has 2 aliphatic rings. The van der Waals surface area contributed by atoms with E-state index in [1.165, 1.54) is 65.6 Å². The Morgan fingerprint density at radius 1 is 0.367 bits per heavy atom. The average molecular weight is 765 g/mol. The molecule has 0 bridgehead atoms. The number of hydrogen-bond acceptors (Lipinski definition) is 2. The van der Waals surface area contributed by atoms with Gasteiger partial charge in [-0.2, -0.15) is 0 Å². The van der Waals surface area contributed by atoms with Crippen molar-refractivity contribution in [2.75, 3.05) is 4.90 Å². The number of rotatable bonds is 4. The Morgan fingerprint density at radius 2 is 0.967 bits per heavy atom. The summed E-state index contributed by atoms with van der Waals surface area (Å²) in [6.45, 7) is 0. The fourth-order valence-electron chi connectivity index (χ4n) is 10.5. The van der Waals surface area contributed by atoms with E-state index in [9.17, 15) is 0 Å². The van der Waals surface area contributed by atoms with Crippen molar-refractivity contribution in [1.82, 2.24) is 4.57 Å². The molecular weight excluding hydrogens is 729 g/mol. The van der Waals surface area contributed by atoms with Crippen LogP contribution in [-0.2, 0) is 5.41 Å². The van der Waals surface area contributed by atoms with Gasteiger partial charge in [0.2, 0.25) is 0 Å². The molecular formula is C57H36N2O. The van der Waals surface area contributed by atoms with Crippen molar-refractivity contribution in [2.45, 2.75) is 5.41 Å². The number of fused-ring (bicyclic) bond motifs is 12. The number of benzene rings is 10. The zero-order valence-electron chi connectivity index (χ0n) is 32.6. The molecule has 0 radical (unpaired) electrons. The maximum absolute atomic E-state index is 6.76. The summed E-state index contributed by atoms with van der Waals surface area (Å²) in [5.41, 5.74) is 13.4. The first kappa shape index (κ1) is 33.1. The van der Waals surface area contributed by atoms with Gasteiger partial charge in [0.15, 0.2) is 0 Å². The van der Waals surface area contributed by atoms with Crippen LogP contribution >= 0.6 is 0 Å². The minimum Gasteiger partial charge on any atom is -0.457 e. The largest absolute Gasteiger partial charge is 0.457 e. The molecule has 1 aliphatic heterocycles. The lowest BCUT2D eigenvalue weighted by molar-refractivity contribution is 0.435. The Bertz CT molecular complexity index is 3490. The van der Waals surface area contributed by atoms with Crippen LogP contribution in [0.5, 0.6) is 11.5 Å². The Balaban J connectivity index is 1.12. The van der Waals surface area contributed by atoms with E-state index in [0.717, 1.165) is 45.4 Å². The van der Waals surface area contributed by atoms with Crippen LogP contribution in [0.1, 0.15) is 22.3 Å². The Morgan fingerprint density at radius 3 is 1.80 bits per heavy atom. The lowest BCUT2D eigenvalue weighted by Gasteiger charge is -2.45. The number of nitrogens with zero attached hydrogens (tertiary/aromatic N) is 2. The lowest BCUT2D eigenvalue weighted by atomic mass is 9.58. The van der Waals surface area contributed by atoms with Crippen molar-refractivity contribution in [2.24, 2.45) is 0 Å². The molecule has 10 aromatic carbocycles. The van der Waals surface area contributed by atoms with Crippen LogP contribution in [0.15, 0.2) is 218 Å². The molecule has 1 aromatic heterocycles. The van der Waals surface area contributed by atoms with Gasteiger partial charge in [0.1, 0.15) is 11.5 Å². The predicted octanol–water partition coefficient (Wildman–Crippen LogP) is 15.0. The highest BCUT2D eigenvalue weighted by atomic mass is 16.5. The molecule has 0 N–H and O–H groups in total. The predicted molar refractivity (Wildman–Crippen MR) is 248 cm³/mol. The van der Waals surface area contributed by atoms with Gasteiger partial charge >= 0.3 is 0 Å². The Labute approximate surface area is 347 Å². The SMILES string of the molecule is c1ccc(-n2c3ccccc3c3cc(N(c4ccc5c(c4)C4(c6ccccc6Oc6ccccc64)c4cccc6cccc-5c46)c4ccc5ccccc5c4)ccc32)cc1. The van der Waals surface area contributed by atoms with Gasteiger partial charge in [-0.3, -0.25) is 0 Å². The van der Waals surface area contributed by atoms with E-state index in [4.69, 9.17) is 4.74 Å². The van der Waals surface area contributed by atoms with E-state index < -0.39 is 5.41 Å². The van der Waals surface area contributed by atoms with Crippen molar-refractivity contribution in [3.05, 3.63) is 241 Å². The summed E-state index contributed by atoms with van der Waals surface area (Å²) < 4.78 is 9.14. The Kier molecular flexibility index (Phi) is 6.93. The van der Waals surface area contributed by atoms with Crippen LogP contribution in [0.25, 0.3) is 60.2 Å². The first-order chi connectivity index (χ1) is 29.8. The van der Waals surface area contributed by atoms with Crippen LogP contribution in [0.3, 0.4) is 0 Å². The monoisotopic (exact) mass is 764 g/mol. The highest BCUT2D eigenvalue weighted by molar-refractivity contribution is 6.11. The van der Waals surface area contributed by atoms with Crippen molar-refractivity contribution < 1.29 is 4.74 Å². The molecule has 1 spiro atoms. The van der Waals surface area contributed by atoms with Crippen molar-refractivity contribution in [3.8, 4) is 28.3 Å². The number of anilines is 3. The first-order valence-corrected chi connectivity index (χ1v) is 20.7. The van der Waals surface area contributed by atoms with E-state index >= 15 is 0 Å². The zero-order chi connectivity index (χ0) is 39.4. The number of aromatic nitrogens is 1. The molecule has 280 valence electrons. The van der Waals surface area contributed by atoms with Crippen LogP contribution in [-0.4, -0.2) is 4.57 Å². The molecule has 0 saturated carbocycles. The third-order valence-corrected chi connectivity index (χ3v) is 13.0. The van der Waals surface area contributed by atoms with Gasteiger partial charge in [-0.05, 0) is 117 Å². The summed E-state index contributed by atoms with van der Waals surface area (Å²) in [6.07, 6.45) is 0. The van der Waals surface area contributed by atoms with Crippen molar-refractivity contribution in [3.63, 3.8) is 0 Å². The molecule has 2 heterocycles. The maximum atomic E-state index is 6.76. The average Bonchev–Trinajstić information content (AvgIpc) is 3.64. The molecule has 0 fully saturated rings. The summed E-state index contributed by atoms with van der Waals surface area (Å²) in [5.74, 6) is 1.77. The van der Waals surface area contributed by atoms with Gasteiger partial charge in [0.25, 0.3) is 0 Å². The highest BCUT2D eigenvalue weighted by Gasteiger charge is 2.49. The van der Waals surface area contributed by atoms with Crippen molar-refractivity contribution in [1.29, 1.82) is 0 Å². The molecule has 13 rings (SSSR count). The molecule has 0 unspecified atom stereocenters. The van der Waals surface area contributed by atoms with E-state index in [-0.39, 0.29) is 0 Å². The molecule has 0 atom stereocenters. The van der Waals surface area contributed by atoms with E-state index in [1.807, 2.05) is 0 Å². The smallest absolute Gasteiger partial charge is 0.132 e. The summed E-state index contributed by atoms with van der Waals surface area (Å²) >= 11 is 0. The molecule has 0 amide bonds. The lowest BCUT2D eigenvalue weighted by Crippen LogP contribution is -2.36. The third-order valence-electron chi connectivity index (χ3n) is 13.0. The van der Waals surface area contributed by atoms with Gasteiger partial charge < -0.3 is 14.2 Å². The molecule has 60 heavy (non-hydrogen) atoms. The van der Waals surface area contributed by atoms with Crippen molar-refractivity contribution >= 4 is 60.4 Å². The van der Waals surface area contributed by atoms with Crippen LogP contribution in [0.4, 0.5) is 17.1 Å². The van der Waals surface area contributed by atoms with Gasteiger partial charge in [-0.25, -0.2) is 0 Å². The van der Waals surface area contributed by atoms with E-state index in [1.54, 1.807) is 0 Å². The van der Waals surface area contributed by atoms with Crippen LogP contribution in [0.2, 0.25) is 0 Å². The van der Waals surface area contributed by atoms with Gasteiger partial charge in [-0.1, -0.05) is 146 Å². The minimum atomic E-state index is -0.646. The van der Waals surface area contributed by atoms with E-state index in [0.29, 0.717) is 0 Å². The Hall–Kier alpha value is -7.88. The van der Waals surface area contributed by atoms with Gasteiger partial charge in [0, 0.05) is 44.6 Å². The minimum absolute atomic E-state index is 0.646. The zero-order valence-corrected chi connectivity index (χ0v) is 32.6. The normalized spacial score (nSPS) is 13.3. The standard InChI is InChI=1S/C57H36N2O/c1-2-18-40(19-3-1)59-52-25-9-6-20-45(52)47-35-42(31-33-53(47)59)58(41-29-28-37-14-4-5-15-39(37)34-41)43-30-32-44-46-21-12-16-38-17-13-24-50(56(38)46)57(51(44)36-43)48-22-7-10-26-54(48)60-55-27-11-8-23-49(55)57/h1-36H. The highest BCUT2D eigenvalue weighted by Crippen LogP contribution is 2.61. The first-order valence-electron chi connectivity index (χ1n) is 20.7. The summed E-state index contributed by atoms with van der Waals surface area (Å²) in [4.78, 5) is 2.45. The van der Waals surface area contributed by atoms with Gasteiger partial charge in [-0.15, -0.1) is 0 Å². The summed E-state index contributed by atoms with van der Waals surface area (Å²) in [7, 11) is 0. The molecule has 1 aliphatic carbocycles. The second kappa shape index (κ2) is 12.6. The maximum Gasteiger partial charge on any atom is 0.132 e. The number of hydrogen-bond donors (Lipinski definition) is 0. The second-order valence-corrected chi connectivity index (χ2v) is 16.0. The van der Waals surface area contributed by atoms with Crippen LogP contribution < -0.4 is 9.64 Å². The number of para-hydroxylation sites is 4.